The van der Waals surface area contributed by atoms with Crippen molar-refractivity contribution in [2.45, 2.75) is 13.3 Å². The summed E-state index contributed by atoms with van der Waals surface area (Å²) < 4.78 is 0.893. The van der Waals surface area contributed by atoms with Crippen molar-refractivity contribution in [2.24, 2.45) is 0 Å². The van der Waals surface area contributed by atoms with Gasteiger partial charge in [0.15, 0.2) is 0 Å². The van der Waals surface area contributed by atoms with Crippen LogP contribution in [0.3, 0.4) is 0 Å². The van der Waals surface area contributed by atoms with Gasteiger partial charge in [-0.2, -0.15) is 0 Å². The fraction of sp³-hybridized carbons (Fsp3) is 0.231. The van der Waals surface area contributed by atoms with Crippen molar-refractivity contribution < 1.29 is 0 Å². The monoisotopic (exact) mass is 291 g/mol. The lowest BCUT2D eigenvalue weighted by Gasteiger charge is -2.07. The molecule has 0 aliphatic heterocycles. The molecule has 1 N–H and O–H groups in total. The van der Waals surface area contributed by atoms with Gasteiger partial charge in [0.2, 0.25) is 0 Å². The van der Waals surface area contributed by atoms with Gasteiger partial charge < -0.3 is 5.32 Å². The van der Waals surface area contributed by atoms with Gasteiger partial charge >= 0.3 is 0 Å². The fourth-order valence-corrected chi connectivity index (χ4v) is 2.00. The van der Waals surface area contributed by atoms with E-state index >= 15 is 0 Å². The van der Waals surface area contributed by atoms with Crippen LogP contribution in [0.1, 0.15) is 11.1 Å². The number of aromatic nitrogens is 2. The summed E-state index contributed by atoms with van der Waals surface area (Å²) in [5.41, 5.74) is 2.63. The first kappa shape index (κ1) is 12.0. The SMILES string of the molecule is Cc1cccc(CCNc2ncncc2Br)c1. The molecule has 88 valence electrons. The molecule has 0 aliphatic carbocycles. The van der Waals surface area contributed by atoms with E-state index in [-0.39, 0.29) is 0 Å². The number of hydrogen-bond donors (Lipinski definition) is 1. The number of nitrogens with one attached hydrogen (secondary N) is 1. The topological polar surface area (TPSA) is 37.8 Å². The lowest BCUT2D eigenvalue weighted by molar-refractivity contribution is 0.993. The van der Waals surface area contributed by atoms with Crippen LogP contribution in [0.15, 0.2) is 41.3 Å². The molecule has 0 amide bonds. The maximum Gasteiger partial charge on any atom is 0.143 e. The van der Waals surface area contributed by atoms with E-state index in [1.165, 1.54) is 11.1 Å². The maximum absolute atomic E-state index is 4.16. The zero-order valence-electron chi connectivity index (χ0n) is 9.65. The van der Waals surface area contributed by atoms with E-state index < -0.39 is 0 Å². The molecular formula is C13H14BrN3. The van der Waals surface area contributed by atoms with E-state index in [9.17, 15) is 0 Å². The number of halogens is 1. The Morgan fingerprint density at radius 1 is 1.35 bits per heavy atom. The minimum absolute atomic E-state index is 0.840. The Morgan fingerprint density at radius 3 is 3.00 bits per heavy atom. The van der Waals surface area contributed by atoms with E-state index in [0.29, 0.717) is 0 Å². The second-order valence-electron chi connectivity index (χ2n) is 3.89. The number of aryl methyl sites for hydroxylation is 1. The van der Waals surface area contributed by atoms with Gasteiger partial charge in [0, 0.05) is 12.7 Å². The van der Waals surface area contributed by atoms with Crippen molar-refractivity contribution in [3.8, 4) is 0 Å². The van der Waals surface area contributed by atoms with Gasteiger partial charge in [-0.3, -0.25) is 0 Å². The highest BCUT2D eigenvalue weighted by Gasteiger charge is 1.99. The third-order valence-corrected chi connectivity index (χ3v) is 3.04. The lowest BCUT2D eigenvalue weighted by atomic mass is 10.1. The molecule has 0 aliphatic rings. The van der Waals surface area contributed by atoms with Gasteiger partial charge in [0.25, 0.3) is 0 Å². The largest absolute Gasteiger partial charge is 0.369 e. The van der Waals surface area contributed by atoms with Crippen LogP contribution in [-0.4, -0.2) is 16.5 Å². The third kappa shape index (κ3) is 3.53. The smallest absolute Gasteiger partial charge is 0.143 e. The maximum atomic E-state index is 4.16. The molecule has 0 bridgehead atoms. The summed E-state index contributed by atoms with van der Waals surface area (Å²) in [4.78, 5) is 8.08. The van der Waals surface area contributed by atoms with E-state index in [2.05, 4.69) is 62.4 Å². The van der Waals surface area contributed by atoms with Crippen LogP contribution in [0.2, 0.25) is 0 Å². The Kier molecular flexibility index (Phi) is 4.09. The van der Waals surface area contributed by atoms with Crippen molar-refractivity contribution >= 4 is 21.7 Å². The number of benzene rings is 1. The van der Waals surface area contributed by atoms with E-state index in [0.717, 1.165) is 23.3 Å². The van der Waals surface area contributed by atoms with Crippen LogP contribution < -0.4 is 5.32 Å². The van der Waals surface area contributed by atoms with Gasteiger partial charge in [0.1, 0.15) is 12.1 Å². The summed E-state index contributed by atoms with van der Waals surface area (Å²) in [7, 11) is 0. The van der Waals surface area contributed by atoms with Gasteiger partial charge in [-0.1, -0.05) is 29.8 Å². The molecule has 0 spiro atoms. The van der Waals surface area contributed by atoms with Crippen molar-refractivity contribution in [2.75, 3.05) is 11.9 Å². The molecule has 0 atom stereocenters. The molecule has 17 heavy (non-hydrogen) atoms. The molecule has 3 nitrogen and oxygen atoms in total. The van der Waals surface area contributed by atoms with E-state index in [1.807, 2.05) is 0 Å². The first-order chi connectivity index (χ1) is 8.25. The molecule has 0 unspecified atom stereocenters. The zero-order chi connectivity index (χ0) is 12.1. The van der Waals surface area contributed by atoms with Crippen molar-refractivity contribution in [3.63, 3.8) is 0 Å². The molecule has 1 aromatic heterocycles. The number of hydrogen-bond acceptors (Lipinski definition) is 3. The Balaban J connectivity index is 1.90. The average molecular weight is 292 g/mol. The normalized spacial score (nSPS) is 10.2. The van der Waals surface area contributed by atoms with Crippen LogP contribution >= 0.6 is 15.9 Å². The molecule has 0 saturated heterocycles. The van der Waals surface area contributed by atoms with Gasteiger partial charge in [-0.05, 0) is 34.8 Å². The average Bonchev–Trinajstić information content (AvgIpc) is 2.32. The first-order valence-electron chi connectivity index (χ1n) is 5.50. The van der Waals surface area contributed by atoms with Gasteiger partial charge in [-0.15, -0.1) is 0 Å². The predicted molar refractivity (Wildman–Crippen MR) is 73.1 cm³/mol. The molecule has 0 radical (unpaired) electrons. The van der Waals surface area contributed by atoms with Crippen LogP contribution in [0, 0.1) is 6.92 Å². The van der Waals surface area contributed by atoms with Gasteiger partial charge in [-0.25, -0.2) is 9.97 Å². The number of anilines is 1. The second-order valence-corrected chi connectivity index (χ2v) is 4.74. The predicted octanol–water partition coefficient (Wildman–Crippen LogP) is 3.20. The highest BCUT2D eigenvalue weighted by Crippen LogP contribution is 2.16. The quantitative estimate of drug-likeness (QED) is 0.940. The highest BCUT2D eigenvalue weighted by molar-refractivity contribution is 9.10. The summed E-state index contributed by atoms with van der Waals surface area (Å²) in [6.45, 7) is 2.97. The summed E-state index contributed by atoms with van der Waals surface area (Å²) in [6.07, 6.45) is 4.26. The number of rotatable bonds is 4. The molecule has 0 saturated carbocycles. The van der Waals surface area contributed by atoms with E-state index in [4.69, 9.17) is 0 Å². The molecule has 0 fully saturated rings. The minimum atomic E-state index is 0.840. The molecular weight excluding hydrogens is 278 g/mol. The van der Waals surface area contributed by atoms with Crippen molar-refractivity contribution in [1.82, 2.24) is 9.97 Å². The zero-order valence-corrected chi connectivity index (χ0v) is 11.2. The summed E-state index contributed by atoms with van der Waals surface area (Å²) in [6, 6.07) is 8.55. The summed E-state index contributed by atoms with van der Waals surface area (Å²) >= 11 is 3.41. The standard InChI is InChI=1S/C13H14BrN3/c1-10-3-2-4-11(7-10)5-6-16-13-12(14)8-15-9-17-13/h2-4,7-9H,5-6H2,1H3,(H,15,16,17). The molecule has 1 aromatic carbocycles. The fourth-order valence-electron chi connectivity index (χ4n) is 1.64. The Bertz CT molecular complexity index is 500. The first-order valence-corrected chi connectivity index (χ1v) is 6.30. The van der Waals surface area contributed by atoms with Gasteiger partial charge in [0.05, 0.1) is 4.47 Å². The Hall–Kier alpha value is -1.42. The summed E-state index contributed by atoms with van der Waals surface area (Å²) in [5, 5.41) is 3.28. The molecule has 4 heteroatoms. The molecule has 2 aromatic rings. The van der Waals surface area contributed by atoms with Crippen LogP contribution in [0.4, 0.5) is 5.82 Å². The van der Waals surface area contributed by atoms with Crippen molar-refractivity contribution in [3.05, 3.63) is 52.4 Å². The third-order valence-electron chi connectivity index (χ3n) is 2.46. The molecule has 2 rings (SSSR count). The van der Waals surface area contributed by atoms with E-state index in [1.54, 1.807) is 12.5 Å². The minimum Gasteiger partial charge on any atom is -0.369 e. The highest BCUT2D eigenvalue weighted by atomic mass is 79.9. The Morgan fingerprint density at radius 2 is 2.24 bits per heavy atom. The second kappa shape index (κ2) is 5.77. The summed E-state index contributed by atoms with van der Waals surface area (Å²) in [5.74, 6) is 0.840. The van der Waals surface area contributed by atoms with Crippen LogP contribution in [-0.2, 0) is 6.42 Å². The van der Waals surface area contributed by atoms with Crippen LogP contribution in [0.5, 0.6) is 0 Å². The lowest BCUT2D eigenvalue weighted by Crippen LogP contribution is -2.07. The molecule has 1 heterocycles. The van der Waals surface area contributed by atoms with Crippen LogP contribution in [0.25, 0.3) is 0 Å². The Labute approximate surface area is 109 Å². The van der Waals surface area contributed by atoms with Crippen molar-refractivity contribution in [1.29, 1.82) is 0 Å². The number of nitrogens with zero attached hydrogens (tertiary/aromatic N) is 2.